The van der Waals surface area contributed by atoms with Gasteiger partial charge in [-0.15, -0.1) is 0 Å². The van der Waals surface area contributed by atoms with E-state index in [2.05, 4.69) is 10.3 Å². The number of non-ortho nitro benzene ring substituents is 1. The normalized spacial score (nSPS) is 9.90. The lowest BCUT2D eigenvalue weighted by Crippen LogP contribution is -2.15. The number of anilines is 1. The average Bonchev–Trinajstić information content (AvgIpc) is 2.47. The maximum atomic E-state index is 11.9. The van der Waals surface area contributed by atoms with Crippen molar-refractivity contribution in [3.63, 3.8) is 0 Å². The van der Waals surface area contributed by atoms with E-state index >= 15 is 0 Å². The summed E-state index contributed by atoms with van der Waals surface area (Å²) in [7, 11) is 0. The summed E-state index contributed by atoms with van der Waals surface area (Å²) in [6, 6.07) is 8.15. The number of pyridine rings is 1. The van der Waals surface area contributed by atoms with Crippen LogP contribution in [-0.2, 0) is 0 Å². The zero-order valence-electron chi connectivity index (χ0n) is 10.6. The van der Waals surface area contributed by atoms with Gasteiger partial charge in [0.2, 0.25) is 0 Å². The number of nitro groups is 1. The molecular formula is C13H10N4O4. The molecule has 1 aromatic heterocycles. The van der Waals surface area contributed by atoms with Gasteiger partial charge in [0, 0.05) is 24.0 Å². The Kier molecular flexibility index (Phi) is 3.89. The molecule has 3 N–H and O–H groups in total. The van der Waals surface area contributed by atoms with E-state index < -0.39 is 16.7 Å². The van der Waals surface area contributed by atoms with Crippen molar-refractivity contribution in [3.8, 4) is 0 Å². The van der Waals surface area contributed by atoms with Gasteiger partial charge in [-0.3, -0.25) is 24.7 Å². The molecule has 2 rings (SSSR count). The van der Waals surface area contributed by atoms with Crippen molar-refractivity contribution < 1.29 is 14.5 Å². The van der Waals surface area contributed by atoms with Crippen molar-refractivity contribution >= 4 is 23.2 Å². The fourth-order valence-electron chi connectivity index (χ4n) is 1.54. The van der Waals surface area contributed by atoms with Crippen LogP contribution in [0.5, 0.6) is 0 Å². The molecule has 0 saturated heterocycles. The molecule has 2 amide bonds. The minimum atomic E-state index is -0.683. The fourth-order valence-corrected chi connectivity index (χ4v) is 1.54. The highest BCUT2D eigenvalue weighted by Crippen LogP contribution is 2.16. The number of hydrogen-bond acceptors (Lipinski definition) is 5. The van der Waals surface area contributed by atoms with Crippen LogP contribution in [0, 0.1) is 10.1 Å². The van der Waals surface area contributed by atoms with Gasteiger partial charge in [-0.1, -0.05) is 0 Å². The molecule has 8 nitrogen and oxygen atoms in total. The van der Waals surface area contributed by atoms with Gasteiger partial charge in [0.25, 0.3) is 17.5 Å². The number of nitrogens with two attached hydrogens (primary N) is 1. The number of nitrogens with zero attached hydrogens (tertiary/aromatic N) is 2. The number of nitrogens with one attached hydrogen (secondary N) is 1. The summed E-state index contributed by atoms with van der Waals surface area (Å²) in [5, 5.41) is 13.1. The maximum Gasteiger partial charge on any atom is 0.269 e. The predicted octanol–water partition coefficient (Wildman–Crippen LogP) is 1.34. The number of carbonyl (C=O) groups is 2. The first-order valence-electron chi connectivity index (χ1n) is 5.79. The third-order valence-electron chi connectivity index (χ3n) is 2.61. The molecule has 0 atom stereocenters. The van der Waals surface area contributed by atoms with E-state index in [0.29, 0.717) is 5.69 Å². The molecule has 106 valence electrons. The summed E-state index contributed by atoms with van der Waals surface area (Å²) in [6.07, 6.45) is 1.22. The molecule has 8 heteroatoms. The Morgan fingerprint density at radius 3 is 2.29 bits per heavy atom. The maximum absolute atomic E-state index is 11.9. The van der Waals surface area contributed by atoms with Crippen LogP contribution in [-0.4, -0.2) is 21.7 Å². The Hall–Kier alpha value is -3.29. The van der Waals surface area contributed by atoms with Crippen molar-refractivity contribution in [2.24, 2.45) is 5.73 Å². The van der Waals surface area contributed by atoms with Gasteiger partial charge < -0.3 is 11.1 Å². The average molecular weight is 286 g/mol. The van der Waals surface area contributed by atoms with Crippen LogP contribution < -0.4 is 11.1 Å². The quantitative estimate of drug-likeness (QED) is 0.647. The van der Waals surface area contributed by atoms with E-state index in [4.69, 9.17) is 5.73 Å². The topological polar surface area (TPSA) is 128 Å². The third-order valence-corrected chi connectivity index (χ3v) is 2.61. The molecule has 0 spiro atoms. The Labute approximate surface area is 118 Å². The van der Waals surface area contributed by atoms with Crippen molar-refractivity contribution in [2.45, 2.75) is 0 Å². The summed E-state index contributed by atoms with van der Waals surface area (Å²) in [4.78, 5) is 36.5. The summed E-state index contributed by atoms with van der Waals surface area (Å²) in [6.45, 7) is 0. The minimum absolute atomic E-state index is 0.0573. The highest BCUT2D eigenvalue weighted by Gasteiger charge is 2.10. The zero-order valence-corrected chi connectivity index (χ0v) is 10.6. The van der Waals surface area contributed by atoms with Crippen LogP contribution in [0.2, 0.25) is 0 Å². The van der Waals surface area contributed by atoms with E-state index in [1.54, 1.807) is 0 Å². The smallest absolute Gasteiger partial charge is 0.269 e. The lowest BCUT2D eigenvalue weighted by Gasteiger charge is -2.05. The van der Waals surface area contributed by atoms with Gasteiger partial charge in [0.15, 0.2) is 0 Å². The van der Waals surface area contributed by atoms with Crippen molar-refractivity contribution in [1.82, 2.24) is 4.98 Å². The Morgan fingerprint density at radius 1 is 1.14 bits per heavy atom. The Balaban J connectivity index is 2.10. The fraction of sp³-hybridized carbons (Fsp3) is 0. The molecule has 0 radical (unpaired) electrons. The standard InChI is InChI=1S/C13H10N4O4/c14-12(18)11-6-1-8(7-15-11)13(19)16-9-2-4-10(5-3-9)17(20)21/h1-7H,(H2,14,18)(H,16,19). The second-order valence-electron chi connectivity index (χ2n) is 4.05. The number of nitro benzene ring substituents is 1. The summed E-state index contributed by atoms with van der Waals surface area (Å²) >= 11 is 0. The molecule has 1 aromatic carbocycles. The molecule has 0 aliphatic heterocycles. The van der Waals surface area contributed by atoms with Crippen LogP contribution in [0.15, 0.2) is 42.6 Å². The largest absolute Gasteiger partial charge is 0.364 e. The third kappa shape index (κ3) is 3.38. The first-order chi connectivity index (χ1) is 9.97. The van der Waals surface area contributed by atoms with E-state index in [0.717, 1.165) is 0 Å². The van der Waals surface area contributed by atoms with Crippen LogP contribution in [0.3, 0.4) is 0 Å². The van der Waals surface area contributed by atoms with Gasteiger partial charge in [-0.05, 0) is 24.3 Å². The number of hydrogen-bond donors (Lipinski definition) is 2. The Bertz CT molecular complexity index is 695. The Morgan fingerprint density at radius 2 is 1.81 bits per heavy atom. The number of benzene rings is 1. The van der Waals surface area contributed by atoms with Gasteiger partial charge in [-0.2, -0.15) is 0 Å². The van der Waals surface area contributed by atoms with Crippen LogP contribution >= 0.6 is 0 Å². The van der Waals surface area contributed by atoms with Crippen molar-refractivity contribution in [1.29, 1.82) is 0 Å². The van der Waals surface area contributed by atoms with Gasteiger partial charge in [-0.25, -0.2) is 0 Å². The lowest BCUT2D eigenvalue weighted by atomic mass is 10.2. The minimum Gasteiger partial charge on any atom is -0.364 e. The highest BCUT2D eigenvalue weighted by atomic mass is 16.6. The first kappa shape index (κ1) is 14.1. The zero-order chi connectivity index (χ0) is 15.4. The molecule has 2 aromatic rings. The molecule has 21 heavy (non-hydrogen) atoms. The molecule has 0 aliphatic rings. The molecule has 0 saturated carbocycles. The number of rotatable bonds is 4. The molecular weight excluding hydrogens is 276 g/mol. The lowest BCUT2D eigenvalue weighted by molar-refractivity contribution is -0.384. The van der Waals surface area contributed by atoms with Crippen LogP contribution in [0.1, 0.15) is 20.8 Å². The number of primary amides is 1. The van der Waals surface area contributed by atoms with Crippen LogP contribution in [0.25, 0.3) is 0 Å². The number of amides is 2. The molecule has 0 unspecified atom stereocenters. The number of carbonyl (C=O) groups excluding carboxylic acids is 2. The molecule has 0 fully saturated rings. The van der Waals surface area contributed by atoms with Crippen LogP contribution in [0.4, 0.5) is 11.4 Å². The SMILES string of the molecule is NC(=O)c1ccc(C(=O)Nc2ccc([N+](=O)[O-])cc2)cn1. The van der Waals surface area contributed by atoms with Gasteiger partial charge in [0.05, 0.1) is 10.5 Å². The predicted molar refractivity (Wildman–Crippen MR) is 73.8 cm³/mol. The van der Waals surface area contributed by atoms with E-state index in [1.807, 2.05) is 0 Å². The summed E-state index contributed by atoms with van der Waals surface area (Å²) in [5.41, 5.74) is 5.67. The second kappa shape index (κ2) is 5.78. The van der Waals surface area contributed by atoms with Gasteiger partial charge >= 0.3 is 0 Å². The highest BCUT2D eigenvalue weighted by molar-refractivity contribution is 6.04. The van der Waals surface area contributed by atoms with Gasteiger partial charge in [0.1, 0.15) is 5.69 Å². The monoisotopic (exact) mass is 286 g/mol. The summed E-state index contributed by atoms with van der Waals surface area (Å²) in [5.74, 6) is -1.13. The second-order valence-corrected chi connectivity index (χ2v) is 4.05. The summed E-state index contributed by atoms with van der Waals surface area (Å²) < 4.78 is 0. The molecule has 1 heterocycles. The van der Waals surface area contributed by atoms with E-state index in [1.165, 1.54) is 42.6 Å². The number of aromatic nitrogens is 1. The van der Waals surface area contributed by atoms with Crippen molar-refractivity contribution in [3.05, 3.63) is 64.0 Å². The first-order valence-corrected chi connectivity index (χ1v) is 5.79. The van der Waals surface area contributed by atoms with E-state index in [9.17, 15) is 19.7 Å². The molecule has 0 bridgehead atoms. The van der Waals surface area contributed by atoms with Crippen molar-refractivity contribution in [2.75, 3.05) is 5.32 Å². The van der Waals surface area contributed by atoms with E-state index in [-0.39, 0.29) is 16.9 Å². The molecule has 0 aliphatic carbocycles.